The highest BCUT2D eigenvalue weighted by Crippen LogP contribution is 2.49. The number of aromatic amines is 1. The summed E-state index contributed by atoms with van der Waals surface area (Å²) in [6, 6.07) is 6.59. The maximum absolute atomic E-state index is 14.8. The number of hydrogen-bond donors (Lipinski definition) is 2. The standard InChI is InChI=1S/C24H25F6N7O2/c1-2-37-12-10-18(34-37)17-14-22(24(28,29)30,31-21(38)19(17)20-32-35-36-33-20)15-6-8-16(9-7-15)39-13-5-3-4-11-23(25,26)27/h6-10,12H,2-5,11,13-14H2,1H3,(H,31,38)(H,32,33,35,36)/t22-/m0/s1. The number of halogens is 6. The molecule has 0 aliphatic carbocycles. The molecular weight excluding hydrogens is 532 g/mol. The van der Waals surface area contributed by atoms with Gasteiger partial charge in [-0.2, -0.15) is 31.4 Å². The third-order valence-electron chi connectivity index (χ3n) is 6.36. The first-order valence-electron chi connectivity index (χ1n) is 12.1. The number of hydrogen-bond acceptors (Lipinski definition) is 6. The van der Waals surface area contributed by atoms with Crippen LogP contribution in [0.1, 0.15) is 56.1 Å². The predicted molar refractivity (Wildman–Crippen MR) is 126 cm³/mol. The average molecular weight is 557 g/mol. The van der Waals surface area contributed by atoms with Crippen LogP contribution in [0, 0.1) is 0 Å². The van der Waals surface area contributed by atoms with Crippen LogP contribution in [-0.2, 0) is 16.9 Å². The van der Waals surface area contributed by atoms with E-state index in [1.54, 1.807) is 6.20 Å². The number of aromatic nitrogens is 6. The van der Waals surface area contributed by atoms with Gasteiger partial charge >= 0.3 is 12.4 Å². The second-order valence-corrected chi connectivity index (χ2v) is 8.99. The molecule has 3 aromatic rings. The first kappa shape index (κ1) is 28.1. The molecule has 1 aliphatic rings. The molecule has 0 spiro atoms. The number of nitrogens with one attached hydrogen (secondary N) is 2. The first-order chi connectivity index (χ1) is 18.4. The topological polar surface area (TPSA) is 111 Å². The molecular formula is C24H25F6N7O2. The van der Waals surface area contributed by atoms with Gasteiger partial charge in [0.25, 0.3) is 5.91 Å². The molecule has 0 bridgehead atoms. The molecule has 4 rings (SSSR count). The Bertz CT molecular complexity index is 1300. The molecule has 9 nitrogen and oxygen atoms in total. The number of tetrazole rings is 1. The second-order valence-electron chi connectivity index (χ2n) is 8.99. The highest BCUT2D eigenvalue weighted by atomic mass is 19.4. The Morgan fingerprint density at radius 2 is 1.79 bits per heavy atom. The predicted octanol–water partition coefficient (Wildman–Crippen LogP) is 4.81. The van der Waals surface area contributed by atoms with E-state index in [1.165, 1.54) is 35.0 Å². The number of benzene rings is 1. The van der Waals surface area contributed by atoms with Gasteiger partial charge in [0, 0.05) is 25.6 Å². The van der Waals surface area contributed by atoms with Crippen molar-refractivity contribution in [2.75, 3.05) is 6.61 Å². The molecule has 1 aromatic carbocycles. The number of amides is 1. The average Bonchev–Trinajstić information content (AvgIpc) is 3.57. The zero-order valence-electron chi connectivity index (χ0n) is 20.7. The van der Waals surface area contributed by atoms with Crippen LogP contribution in [0.3, 0.4) is 0 Å². The van der Waals surface area contributed by atoms with Crippen molar-refractivity contribution in [2.45, 2.75) is 63.5 Å². The van der Waals surface area contributed by atoms with Gasteiger partial charge in [0.15, 0.2) is 11.4 Å². The lowest BCUT2D eigenvalue weighted by Crippen LogP contribution is -2.58. The van der Waals surface area contributed by atoms with E-state index in [9.17, 15) is 31.1 Å². The van der Waals surface area contributed by atoms with Crippen LogP contribution in [0.25, 0.3) is 11.1 Å². The number of ether oxygens (including phenoxy) is 1. The SMILES string of the molecule is CCn1ccc(C2=C(c3nnn[nH]3)C(=O)N[C@@](c3ccc(OCCCCCC(F)(F)F)cc3)(C(F)(F)F)C2)n1. The van der Waals surface area contributed by atoms with Crippen molar-refractivity contribution < 1.29 is 35.9 Å². The molecule has 1 amide bonds. The number of carbonyl (C=O) groups is 1. The molecule has 2 N–H and O–H groups in total. The number of nitrogens with zero attached hydrogens (tertiary/aromatic N) is 5. The molecule has 0 saturated heterocycles. The lowest BCUT2D eigenvalue weighted by atomic mass is 9.77. The number of H-pyrrole nitrogens is 1. The monoisotopic (exact) mass is 557 g/mol. The summed E-state index contributed by atoms with van der Waals surface area (Å²) in [5, 5.41) is 19.5. The van der Waals surface area contributed by atoms with Crippen molar-refractivity contribution in [3.8, 4) is 5.75 Å². The van der Waals surface area contributed by atoms with E-state index >= 15 is 0 Å². The minimum Gasteiger partial charge on any atom is -0.494 e. The van der Waals surface area contributed by atoms with E-state index < -0.39 is 36.6 Å². The minimum atomic E-state index is -4.91. The Hall–Kier alpha value is -3.91. The number of carbonyl (C=O) groups excluding carboxylic acids is 1. The van der Waals surface area contributed by atoms with Gasteiger partial charge in [-0.3, -0.25) is 9.48 Å². The summed E-state index contributed by atoms with van der Waals surface area (Å²) in [6.07, 6.45) is -8.46. The minimum absolute atomic E-state index is 0.0148. The number of alkyl halides is 6. The molecule has 1 aliphatic heterocycles. The lowest BCUT2D eigenvalue weighted by Gasteiger charge is -2.41. The number of aryl methyl sites for hydroxylation is 1. The van der Waals surface area contributed by atoms with Crippen molar-refractivity contribution >= 4 is 17.1 Å². The third kappa shape index (κ3) is 6.23. The van der Waals surface area contributed by atoms with Crippen molar-refractivity contribution in [1.82, 2.24) is 35.7 Å². The molecule has 210 valence electrons. The summed E-state index contributed by atoms with van der Waals surface area (Å²) in [5.41, 5.74) is -2.98. The Morgan fingerprint density at radius 3 is 2.38 bits per heavy atom. The summed E-state index contributed by atoms with van der Waals surface area (Å²) < 4.78 is 88.0. The van der Waals surface area contributed by atoms with E-state index in [2.05, 4.69) is 31.0 Å². The Balaban J connectivity index is 1.60. The van der Waals surface area contributed by atoms with E-state index in [4.69, 9.17) is 4.74 Å². The van der Waals surface area contributed by atoms with E-state index in [1.807, 2.05) is 6.92 Å². The van der Waals surface area contributed by atoms with Crippen LogP contribution in [0.4, 0.5) is 26.3 Å². The zero-order valence-corrected chi connectivity index (χ0v) is 20.7. The number of unbranched alkanes of at least 4 members (excludes halogenated alkanes) is 2. The van der Waals surface area contributed by atoms with Crippen LogP contribution < -0.4 is 10.1 Å². The summed E-state index contributed by atoms with van der Waals surface area (Å²) in [6.45, 7) is 2.39. The van der Waals surface area contributed by atoms with Crippen molar-refractivity contribution in [3.63, 3.8) is 0 Å². The highest BCUT2D eigenvalue weighted by molar-refractivity contribution is 6.27. The maximum Gasteiger partial charge on any atom is 0.416 e. The van der Waals surface area contributed by atoms with Crippen LogP contribution in [0.15, 0.2) is 36.5 Å². The third-order valence-corrected chi connectivity index (χ3v) is 6.36. The van der Waals surface area contributed by atoms with Crippen molar-refractivity contribution in [1.29, 1.82) is 0 Å². The maximum atomic E-state index is 14.8. The normalized spacial score (nSPS) is 18.4. The van der Waals surface area contributed by atoms with Gasteiger partial charge in [0.05, 0.1) is 17.9 Å². The molecule has 0 saturated carbocycles. The highest BCUT2D eigenvalue weighted by Gasteiger charge is 2.60. The molecule has 15 heteroatoms. The smallest absolute Gasteiger partial charge is 0.416 e. The van der Waals surface area contributed by atoms with E-state index in [-0.39, 0.29) is 47.0 Å². The van der Waals surface area contributed by atoms with Gasteiger partial charge in [-0.15, -0.1) is 5.10 Å². The molecule has 1 atom stereocenters. The summed E-state index contributed by atoms with van der Waals surface area (Å²) >= 11 is 0. The summed E-state index contributed by atoms with van der Waals surface area (Å²) in [7, 11) is 0. The Kier molecular flexibility index (Phi) is 7.97. The van der Waals surface area contributed by atoms with Gasteiger partial charge in [0.1, 0.15) is 5.75 Å². The van der Waals surface area contributed by atoms with Gasteiger partial charge in [-0.1, -0.05) is 12.1 Å². The van der Waals surface area contributed by atoms with Gasteiger partial charge in [-0.05, 0) is 65.9 Å². The quantitative estimate of drug-likeness (QED) is 0.274. The zero-order chi connectivity index (χ0) is 28.3. The second kappa shape index (κ2) is 11.1. The van der Waals surface area contributed by atoms with Gasteiger partial charge in [0.2, 0.25) is 0 Å². The van der Waals surface area contributed by atoms with Crippen LogP contribution in [0.2, 0.25) is 0 Å². The lowest BCUT2D eigenvalue weighted by molar-refractivity contribution is -0.201. The fourth-order valence-corrected chi connectivity index (χ4v) is 4.36. The molecule has 0 fully saturated rings. The number of rotatable bonds is 10. The molecule has 0 radical (unpaired) electrons. The fraction of sp³-hybridized carbons (Fsp3) is 0.458. The van der Waals surface area contributed by atoms with Gasteiger partial charge < -0.3 is 10.1 Å². The molecule has 2 aromatic heterocycles. The van der Waals surface area contributed by atoms with E-state index in [0.717, 1.165) is 0 Å². The Morgan fingerprint density at radius 1 is 1.05 bits per heavy atom. The largest absolute Gasteiger partial charge is 0.494 e. The summed E-state index contributed by atoms with van der Waals surface area (Å²) in [4.78, 5) is 13.2. The van der Waals surface area contributed by atoms with Crippen molar-refractivity contribution in [2.24, 2.45) is 0 Å². The summed E-state index contributed by atoms with van der Waals surface area (Å²) in [5.74, 6) is -0.874. The molecule has 39 heavy (non-hydrogen) atoms. The van der Waals surface area contributed by atoms with E-state index in [0.29, 0.717) is 19.4 Å². The fourth-order valence-electron chi connectivity index (χ4n) is 4.36. The van der Waals surface area contributed by atoms with Crippen LogP contribution in [-0.4, -0.2) is 55.3 Å². The van der Waals surface area contributed by atoms with Gasteiger partial charge in [-0.25, -0.2) is 5.10 Å². The Labute approximate surface area is 218 Å². The van der Waals surface area contributed by atoms with Crippen LogP contribution >= 0.6 is 0 Å². The first-order valence-corrected chi connectivity index (χ1v) is 12.1. The van der Waals surface area contributed by atoms with Crippen LogP contribution in [0.5, 0.6) is 5.75 Å². The van der Waals surface area contributed by atoms with Crippen molar-refractivity contribution in [3.05, 3.63) is 53.6 Å². The molecule has 0 unspecified atom stereocenters. The molecule has 3 heterocycles.